The van der Waals surface area contributed by atoms with Crippen molar-refractivity contribution in [3.05, 3.63) is 80.4 Å². The smallest absolute Gasteiger partial charge is 0.305 e. The molecular formula is C31H31BrFNO6. The van der Waals surface area contributed by atoms with Gasteiger partial charge in [-0.05, 0) is 83.9 Å². The van der Waals surface area contributed by atoms with Gasteiger partial charge >= 0.3 is 5.97 Å². The van der Waals surface area contributed by atoms with Crippen LogP contribution in [0.25, 0.3) is 0 Å². The molecule has 0 saturated heterocycles. The highest BCUT2D eigenvalue weighted by molar-refractivity contribution is 9.10. The Balaban J connectivity index is 1.60. The summed E-state index contributed by atoms with van der Waals surface area (Å²) in [5, 5.41) is 9.40. The summed E-state index contributed by atoms with van der Waals surface area (Å²) in [7, 11) is 0. The number of halogens is 2. The molecule has 0 fully saturated rings. The van der Waals surface area contributed by atoms with Crippen LogP contribution in [-0.2, 0) is 21.0 Å². The predicted octanol–water partition coefficient (Wildman–Crippen LogP) is 6.45. The van der Waals surface area contributed by atoms with E-state index in [4.69, 9.17) is 9.47 Å². The Kier molecular flexibility index (Phi) is 8.40. The van der Waals surface area contributed by atoms with E-state index in [1.54, 1.807) is 12.1 Å². The van der Waals surface area contributed by atoms with E-state index in [0.29, 0.717) is 72.2 Å². The van der Waals surface area contributed by atoms with Crippen LogP contribution in [0.2, 0.25) is 0 Å². The van der Waals surface area contributed by atoms with Crippen LogP contribution in [0.5, 0.6) is 11.5 Å². The number of nitrogens with zero attached hydrogens (tertiary/aromatic N) is 1. The third-order valence-electron chi connectivity index (χ3n) is 7.60. The Hall–Kier alpha value is -3.46. The first kappa shape index (κ1) is 28.1. The molecule has 0 saturated carbocycles. The molecule has 1 heterocycles. The first-order valence-corrected chi connectivity index (χ1v) is 14.4. The molecule has 1 N–H and O–H groups in total. The maximum atomic E-state index is 13.5. The van der Waals surface area contributed by atoms with Crippen LogP contribution in [0.4, 0.5) is 4.39 Å². The van der Waals surface area contributed by atoms with E-state index in [0.717, 1.165) is 22.5 Å². The fraction of sp³-hybridized carbons (Fsp3) is 0.387. The van der Waals surface area contributed by atoms with E-state index in [2.05, 4.69) is 15.9 Å². The van der Waals surface area contributed by atoms with Gasteiger partial charge in [0.2, 0.25) is 0 Å². The predicted molar refractivity (Wildman–Crippen MR) is 150 cm³/mol. The van der Waals surface area contributed by atoms with E-state index in [-0.39, 0.29) is 37.0 Å². The van der Waals surface area contributed by atoms with Crippen LogP contribution in [0.1, 0.15) is 68.9 Å². The topological polar surface area (TPSA) is 93.1 Å². The fourth-order valence-corrected chi connectivity index (χ4v) is 6.50. The second-order valence-electron chi connectivity index (χ2n) is 10.2. The van der Waals surface area contributed by atoms with Gasteiger partial charge in [-0.25, -0.2) is 4.39 Å². The average Bonchev–Trinajstić information content (AvgIpc) is 2.92. The highest BCUT2D eigenvalue weighted by Gasteiger charge is 2.43. The van der Waals surface area contributed by atoms with Gasteiger partial charge in [-0.15, -0.1) is 0 Å². The van der Waals surface area contributed by atoms with Crippen LogP contribution in [-0.4, -0.2) is 40.7 Å². The summed E-state index contributed by atoms with van der Waals surface area (Å²) >= 11 is 3.64. The van der Waals surface area contributed by atoms with Gasteiger partial charge in [0.1, 0.15) is 12.4 Å². The number of allylic oxidation sites excluding steroid dienone is 4. The second kappa shape index (κ2) is 12.0. The lowest BCUT2D eigenvalue weighted by Gasteiger charge is -2.44. The van der Waals surface area contributed by atoms with Crippen molar-refractivity contribution in [3.63, 3.8) is 0 Å². The standard InChI is InChI=1S/C31H31BrFNO6/c1-2-39-26-16-19(15-21(32)31(26)40-17-18-9-11-20(33)12-10-18)28-29-22(5-3-7-24(29)35)34(14-13-27(37)38)23-6-4-8-25(36)30(23)28/h9-12,15-16,28H,2-8,13-14,17H2,1H3,(H,37,38). The zero-order valence-electron chi connectivity index (χ0n) is 22.3. The Labute approximate surface area is 240 Å². The van der Waals surface area contributed by atoms with Gasteiger partial charge in [-0.1, -0.05) is 12.1 Å². The highest BCUT2D eigenvalue weighted by Crippen LogP contribution is 2.51. The number of rotatable bonds is 9. The van der Waals surface area contributed by atoms with Crippen LogP contribution in [0.3, 0.4) is 0 Å². The van der Waals surface area contributed by atoms with E-state index in [1.165, 1.54) is 12.1 Å². The quantitative estimate of drug-likeness (QED) is 0.348. The molecule has 0 spiro atoms. The molecule has 0 bridgehead atoms. The Morgan fingerprint density at radius 2 is 1.62 bits per heavy atom. The van der Waals surface area contributed by atoms with Gasteiger partial charge in [-0.3, -0.25) is 14.4 Å². The third kappa shape index (κ3) is 5.57. The number of hydrogen-bond acceptors (Lipinski definition) is 6. The van der Waals surface area contributed by atoms with Gasteiger partial charge < -0.3 is 19.5 Å². The van der Waals surface area contributed by atoms with E-state index < -0.39 is 11.9 Å². The molecule has 0 radical (unpaired) electrons. The van der Waals surface area contributed by atoms with Gasteiger partial charge in [0.25, 0.3) is 0 Å². The lowest BCUT2D eigenvalue weighted by Crippen LogP contribution is -2.39. The summed E-state index contributed by atoms with van der Waals surface area (Å²) in [5.74, 6) is -0.884. The Morgan fingerprint density at radius 3 is 2.20 bits per heavy atom. The van der Waals surface area contributed by atoms with Crippen molar-refractivity contribution < 1.29 is 33.4 Å². The molecule has 2 aromatic rings. The summed E-state index contributed by atoms with van der Waals surface area (Å²) in [6.45, 7) is 2.66. The number of carboxylic acid groups (broad SMARTS) is 1. The molecular weight excluding hydrogens is 581 g/mol. The molecule has 7 nitrogen and oxygen atoms in total. The molecule has 0 amide bonds. The number of Topliss-reactive ketones (excluding diaryl/α,β-unsaturated/α-hetero) is 2. The maximum Gasteiger partial charge on any atom is 0.305 e. The number of carboxylic acids is 1. The largest absolute Gasteiger partial charge is 0.490 e. The van der Waals surface area contributed by atoms with Gasteiger partial charge in [-0.2, -0.15) is 0 Å². The minimum atomic E-state index is -0.919. The molecule has 0 unspecified atom stereocenters. The van der Waals surface area contributed by atoms with E-state index in [1.807, 2.05) is 24.0 Å². The molecule has 3 aliphatic rings. The normalized spacial score (nSPS) is 17.6. The van der Waals surface area contributed by atoms with Crippen molar-refractivity contribution in [2.75, 3.05) is 13.2 Å². The number of ether oxygens (including phenoxy) is 2. The van der Waals surface area contributed by atoms with Crippen LogP contribution >= 0.6 is 15.9 Å². The summed E-state index contributed by atoms with van der Waals surface area (Å²) in [6, 6.07) is 9.77. The van der Waals surface area contributed by atoms with Crippen molar-refractivity contribution in [2.24, 2.45) is 0 Å². The average molecular weight is 612 g/mol. The van der Waals surface area contributed by atoms with E-state index in [9.17, 15) is 23.9 Å². The molecule has 5 rings (SSSR count). The van der Waals surface area contributed by atoms with Crippen LogP contribution in [0.15, 0.2) is 63.4 Å². The minimum absolute atomic E-state index is 0.0118. The number of ketones is 2. The maximum absolute atomic E-state index is 13.5. The van der Waals surface area contributed by atoms with Crippen molar-refractivity contribution in [3.8, 4) is 11.5 Å². The second-order valence-corrected chi connectivity index (χ2v) is 11.0. The Bertz CT molecular complexity index is 1370. The molecule has 0 aromatic heterocycles. The van der Waals surface area contributed by atoms with Gasteiger partial charge in [0, 0.05) is 47.8 Å². The molecule has 210 valence electrons. The van der Waals surface area contributed by atoms with Crippen molar-refractivity contribution in [1.29, 1.82) is 0 Å². The molecule has 2 aliphatic carbocycles. The van der Waals surface area contributed by atoms with Crippen LogP contribution < -0.4 is 9.47 Å². The summed E-state index contributed by atoms with van der Waals surface area (Å²) in [4.78, 5) is 40.4. The lowest BCUT2D eigenvalue weighted by atomic mass is 9.71. The zero-order chi connectivity index (χ0) is 28.4. The highest BCUT2D eigenvalue weighted by atomic mass is 79.9. The number of carbonyl (C=O) groups is 3. The van der Waals surface area contributed by atoms with E-state index >= 15 is 0 Å². The SMILES string of the molecule is CCOc1cc(C2C3=C(CCCC3=O)N(CCC(=O)O)C3=C2C(=O)CCC3)cc(Br)c1OCc1ccc(F)cc1. The number of benzene rings is 2. The summed E-state index contributed by atoms with van der Waals surface area (Å²) in [5.41, 5.74) is 4.37. The molecule has 2 aromatic carbocycles. The fourth-order valence-electron chi connectivity index (χ4n) is 5.92. The number of carbonyl (C=O) groups excluding carboxylic acids is 2. The first-order valence-electron chi connectivity index (χ1n) is 13.6. The number of hydrogen-bond donors (Lipinski definition) is 1. The zero-order valence-corrected chi connectivity index (χ0v) is 23.9. The minimum Gasteiger partial charge on any atom is -0.490 e. The van der Waals surface area contributed by atoms with Crippen molar-refractivity contribution in [1.82, 2.24) is 4.90 Å². The number of aliphatic carboxylic acids is 1. The third-order valence-corrected chi connectivity index (χ3v) is 8.19. The molecule has 9 heteroatoms. The molecule has 1 aliphatic heterocycles. The van der Waals surface area contributed by atoms with Crippen LogP contribution in [0, 0.1) is 5.82 Å². The van der Waals surface area contributed by atoms with Gasteiger partial charge in [0.15, 0.2) is 23.1 Å². The Morgan fingerprint density at radius 1 is 1.00 bits per heavy atom. The lowest BCUT2D eigenvalue weighted by molar-refractivity contribution is -0.137. The molecule has 0 atom stereocenters. The van der Waals surface area contributed by atoms with Crippen molar-refractivity contribution in [2.45, 2.75) is 64.4 Å². The monoisotopic (exact) mass is 611 g/mol. The molecule has 40 heavy (non-hydrogen) atoms. The summed E-state index contributed by atoms with van der Waals surface area (Å²) < 4.78 is 26.0. The first-order chi connectivity index (χ1) is 19.3. The van der Waals surface area contributed by atoms with Gasteiger partial charge in [0.05, 0.1) is 17.5 Å². The summed E-state index contributed by atoms with van der Waals surface area (Å²) in [6.07, 6.45) is 3.37. The van der Waals surface area contributed by atoms with Crippen molar-refractivity contribution >= 4 is 33.5 Å².